The summed E-state index contributed by atoms with van der Waals surface area (Å²) in [4.78, 5) is 39.7. The highest BCUT2D eigenvalue weighted by molar-refractivity contribution is 6.07. The van der Waals surface area contributed by atoms with Gasteiger partial charge in [0.1, 0.15) is 11.4 Å². The second-order valence-electron chi connectivity index (χ2n) is 8.52. The van der Waals surface area contributed by atoms with E-state index < -0.39 is 18.0 Å². The summed E-state index contributed by atoms with van der Waals surface area (Å²) in [5.74, 6) is -0.628. The molecule has 36 heavy (non-hydrogen) atoms. The third-order valence-corrected chi connectivity index (χ3v) is 6.09. The van der Waals surface area contributed by atoms with Gasteiger partial charge in [-0.2, -0.15) is 0 Å². The van der Waals surface area contributed by atoms with Crippen LogP contribution in [0.3, 0.4) is 0 Å². The van der Waals surface area contributed by atoms with Gasteiger partial charge in [-0.25, -0.2) is 4.79 Å². The van der Waals surface area contributed by atoms with E-state index in [-0.39, 0.29) is 17.7 Å². The van der Waals surface area contributed by atoms with Gasteiger partial charge in [0.05, 0.1) is 7.11 Å². The van der Waals surface area contributed by atoms with Crippen molar-refractivity contribution in [1.82, 2.24) is 4.57 Å². The zero-order valence-corrected chi connectivity index (χ0v) is 20.7. The first-order valence-electron chi connectivity index (χ1n) is 11.7. The van der Waals surface area contributed by atoms with Gasteiger partial charge in [0.25, 0.3) is 11.5 Å². The number of esters is 1. The number of aryl methyl sites for hydroxylation is 1. The fraction of sp³-hybridized carbons (Fsp3) is 0.207. The largest absolute Gasteiger partial charge is 0.497 e. The molecule has 0 aliphatic rings. The van der Waals surface area contributed by atoms with Crippen molar-refractivity contribution >= 4 is 28.3 Å². The molecule has 184 valence electrons. The van der Waals surface area contributed by atoms with Gasteiger partial charge in [-0.15, -0.1) is 0 Å². The number of rotatable bonds is 7. The molecule has 0 bridgehead atoms. The Morgan fingerprint density at radius 2 is 1.67 bits per heavy atom. The quantitative estimate of drug-likeness (QED) is 0.369. The molecule has 0 saturated carbocycles. The number of benzene rings is 3. The van der Waals surface area contributed by atoms with E-state index in [2.05, 4.69) is 5.32 Å². The maximum atomic E-state index is 13.6. The third-order valence-electron chi connectivity index (χ3n) is 6.09. The van der Waals surface area contributed by atoms with Crippen LogP contribution in [0, 0.1) is 6.92 Å². The van der Waals surface area contributed by atoms with E-state index in [0.717, 1.165) is 11.1 Å². The summed E-state index contributed by atoms with van der Waals surface area (Å²) in [5.41, 5.74) is 2.72. The van der Waals surface area contributed by atoms with Crippen LogP contribution < -0.4 is 15.6 Å². The normalized spacial score (nSPS) is 11.7. The molecule has 1 unspecified atom stereocenters. The van der Waals surface area contributed by atoms with Gasteiger partial charge in [-0.3, -0.25) is 9.59 Å². The second-order valence-corrected chi connectivity index (χ2v) is 8.52. The number of amides is 1. The highest BCUT2D eigenvalue weighted by atomic mass is 16.5. The molecule has 0 radical (unpaired) electrons. The van der Waals surface area contributed by atoms with E-state index in [4.69, 9.17) is 9.47 Å². The molecule has 0 fully saturated rings. The lowest BCUT2D eigenvalue weighted by atomic mass is 9.96. The lowest BCUT2D eigenvalue weighted by Gasteiger charge is -2.20. The Balaban J connectivity index is 1.74. The first-order valence-corrected chi connectivity index (χ1v) is 11.7. The van der Waals surface area contributed by atoms with Gasteiger partial charge in [0, 0.05) is 29.8 Å². The maximum Gasteiger partial charge on any atom is 0.356 e. The van der Waals surface area contributed by atoms with Gasteiger partial charge in [0.2, 0.25) is 0 Å². The number of aromatic nitrogens is 1. The first-order chi connectivity index (χ1) is 17.3. The SMILES string of the molecule is CCC(OC(=O)c1c(-c2ccc(C)cc2)c2ccccc2c(=O)n1C)C(=O)Nc1cccc(OC)c1. The molecule has 1 amide bonds. The van der Waals surface area contributed by atoms with Crippen LogP contribution in [-0.4, -0.2) is 29.7 Å². The number of ether oxygens (including phenoxy) is 2. The summed E-state index contributed by atoms with van der Waals surface area (Å²) in [7, 11) is 3.08. The molecule has 1 aromatic heterocycles. The molecule has 0 saturated heterocycles. The van der Waals surface area contributed by atoms with Gasteiger partial charge in [-0.05, 0) is 42.5 Å². The standard InChI is InChI=1S/C29H28N2O5/c1-5-24(27(32)30-20-9-8-10-21(17-20)35-4)36-29(34)26-25(19-15-13-18(2)14-16-19)22-11-6-7-12-23(22)28(33)31(26)3/h6-17,24H,5H2,1-4H3,(H,30,32). The van der Waals surface area contributed by atoms with Crippen LogP contribution in [0.4, 0.5) is 5.69 Å². The van der Waals surface area contributed by atoms with Crippen molar-refractivity contribution in [3.05, 3.63) is 94.4 Å². The molecule has 1 heterocycles. The highest BCUT2D eigenvalue weighted by Gasteiger charge is 2.28. The highest BCUT2D eigenvalue weighted by Crippen LogP contribution is 2.31. The minimum atomic E-state index is -1.06. The van der Waals surface area contributed by atoms with Crippen LogP contribution in [0.25, 0.3) is 21.9 Å². The van der Waals surface area contributed by atoms with Gasteiger partial charge in [0.15, 0.2) is 6.10 Å². The van der Waals surface area contributed by atoms with Crippen molar-refractivity contribution in [3.63, 3.8) is 0 Å². The maximum absolute atomic E-state index is 13.6. The molecule has 4 aromatic rings. The monoisotopic (exact) mass is 484 g/mol. The number of pyridine rings is 1. The van der Waals surface area contributed by atoms with E-state index in [1.165, 1.54) is 11.7 Å². The first kappa shape index (κ1) is 24.7. The van der Waals surface area contributed by atoms with Crippen LogP contribution in [0.15, 0.2) is 77.6 Å². The lowest BCUT2D eigenvalue weighted by molar-refractivity contribution is -0.124. The van der Waals surface area contributed by atoms with Gasteiger partial charge < -0.3 is 19.4 Å². The fourth-order valence-electron chi connectivity index (χ4n) is 4.15. The van der Waals surface area contributed by atoms with E-state index >= 15 is 0 Å². The smallest absolute Gasteiger partial charge is 0.356 e. The van der Waals surface area contributed by atoms with Crippen molar-refractivity contribution in [2.75, 3.05) is 12.4 Å². The third kappa shape index (κ3) is 4.86. The number of hydrogen-bond acceptors (Lipinski definition) is 5. The average Bonchev–Trinajstić information content (AvgIpc) is 2.89. The predicted octanol–water partition coefficient (Wildman–Crippen LogP) is 5.10. The molecule has 3 aromatic carbocycles. The summed E-state index contributed by atoms with van der Waals surface area (Å²) < 4.78 is 12.2. The van der Waals surface area contributed by atoms with Crippen LogP contribution >= 0.6 is 0 Å². The topological polar surface area (TPSA) is 86.6 Å². The zero-order valence-electron chi connectivity index (χ0n) is 20.7. The van der Waals surface area contributed by atoms with Gasteiger partial charge >= 0.3 is 5.97 Å². The Morgan fingerprint density at radius 3 is 2.33 bits per heavy atom. The minimum absolute atomic E-state index is 0.0928. The molecule has 0 spiro atoms. The van der Waals surface area contributed by atoms with E-state index in [9.17, 15) is 14.4 Å². The molecule has 4 rings (SSSR count). The fourth-order valence-corrected chi connectivity index (χ4v) is 4.15. The van der Waals surface area contributed by atoms with E-state index in [1.54, 1.807) is 50.4 Å². The van der Waals surface area contributed by atoms with Crippen LogP contribution in [0.1, 0.15) is 29.4 Å². The molecule has 1 N–H and O–H groups in total. The van der Waals surface area contributed by atoms with Crippen molar-refractivity contribution < 1.29 is 19.1 Å². The number of methoxy groups -OCH3 is 1. The summed E-state index contributed by atoms with van der Waals surface area (Å²) in [6, 6.07) is 21.8. The summed E-state index contributed by atoms with van der Waals surface area (Å²) in [6.07, 6.45) is -0.806. The Kier molecular flexibility index (Phi) is 7.20. The number of carbonyl (C=O) groups excluding carboxylic acids is 2. The number of fused-ring (bicyclic) bond motifs is 1. The Morgan fingerprint density at radius 1 is 0.972 bits per heavy atom. The number of carbonyl (C=O) groups is 2. The van der Waals surface area contributed by atoms with Crippen molar-refractivity contribution in [2.24, 2.45) is 7.05 Å². The van der Waals surface area contributed by atoms with E-state index in [0.29, 0.717) is 27.8 Å². The van der Waals surface area contributed by atoms with E-state index in [1.807, 2.05) is 43.3 Å². The molecule has 0 aliphatic heterocycles. The molecule has 7 heteroatoms. The molecular weight excluding hydrogens is 456 g/mol. The number of nitrogens with zero attached hydrogens (tertiary/aromatic N) is 1. The van der Waals surface area contributed by atoms with Crippen molar-refractivity contribution in [2.45, 2.75) is 26.4 Å². The number of nitrogens with one attached hydrogen (secondary N) is 1. The summed E-state index contributed by atoms with van der Waals surface area (Å²) >= 11 is 0. The van der Waals surface area contributed by atoms with Crippen molar-refractivity contribution in [3.8, 4) is 16.9 Å². The molecule has 1 atom stereocenters. The lowest BCUT2D eigenvalue weighted by Crippen LogP contribution is -2.34. The molecule has 7 nitrogen and oxygen atoms in total. The zero-order chi connectivity index (χ0) is 25.8. The second kappa shape index (κ2) is 10.5. The summed E-state index contributed by atoms with van der Waals surface area (Å²) in [5, 5.41) is 3.91. The summed E-state index contributed by atoms with van der Waals surface area (Å²) in [6.45, 7) is 3.73. The Labute approximate surface area is 209 Å². The molecule has 0 aliphatic carbocycles. The van der Waals surface area contributed by atoms with Crippen LogP contribution in [-0.2, 0) is 16.6 Å². The number of hydrogen-bond donors (Lipinski definition) is 1. The van der Waals surface area contributed by atoms with Crippen LogP contribution in [0.2, 0.25) is 0 Å². The Hall–Kier alpha value is -4.39. The number of anilines is 1. The van der Waals surface area contributed by atoms with Crippen molar-refractivity contribution in [1.29, 1.82) is 0 Å². The molecular formula is C29H28N2O5. The van der Waals surface area contributed by atoms with Crippen LogP contribution in [0.5, 0.6) is 5.75 Å². The minimum Gasteiger partial charge on any atom is -0.497 e. The Bertz CT molecular complexity index is 1490. The average molecular weight is 485 g/mol. The predicted molar refractivity (Wildman–Crippen MR) is 140 cm³/mol. The van der Waals surface area contributed by atoms with Gasteiger partial charge in [-0.1, -0.05) is 61.0 Å².